The van der Waals surface area contributed by atoms with Gasteiger partial charge in [-0.25, -0.2) is 0 Å². The average Bonchev–Trinajstić information content (AvgIpc) is 2.73. The van der Waals surface area contributed by atoms with Gasteiger partial charge >= 0.3 is 134 Å². The average molecular weight is 397 g/mol. The molecule has 0 spiro atoms. The van der Waals surface area contributed by atoms with Gasteiger partial charge in [-0.05, 0) is 0 Å². The second kappa shape index (κ2) is 7.78. The van der Waals surface area contributed by atoms with E-state index < -0.39 is 27.8 Å². The summed E-state index contributed by atoms with van der Waals surface area (Å²) in [6.45, 7) is 0. The molecular weight excluding hydrogens is 383 g/mol. The van der Waals surface area contributed by atoms with Crippen molar-refractivity contribution in [1.82, 2.24) is 0 Å². The van der Waals surface area contributed by atoms with Crippen LogP contribution in [0.3, 0.4) is 0 Å². The Hall–Kier alpha value is -1.89. The fraction of sp³-hybridized carbons (Fsp3) is 0.125. The van der Waals surface area contributed by atoms with Gasteiger partial charge in [0.25, 0.3) is 0 Å². The second-order valence-electron chi connectivity index (χ2n) is 4.13. The van der Waals surface area contributed by atoms with Crippen molar-refractivity contribution >= 4 is 11.9 Å². The minimum atomic E-state index is -0.684. The first-order chi connectivity index (χ1) is 10.2. The molecule has 1 aliphatic carbocycles. The quantitative estimate of drug-likeness (QED) is 0.320. The van der Waals surface area contributed by atoms with Crippen molar-refractivity contribution in [1.29, 1.82) is 0 Å². The standard InChI is InChI=1S/C16H14IO4/c1-17-21-16(19)20-14-9-5-8-13(10-11-14)15(18)12-6-3-2-4-7-12/h2-10H,11H2,1H3/q-1. The SMILES string of the molecule is C[I-]OC(=O)OC1=CC=CC(C(=O)c2ccccc2)=CC1. The van der Waals surface area contributed by atoms with Crippen molar-refractivity contribution in [2.45, 2.75) is 6.42 Å². The summed E-state index contributed by atoms with van der Waals surface area (Å²) in [6, 6.07) is 9.06. The number of alkyl halides is 1. The van der Waals surface area contributed by atoms with Crippen LogP contribution in [-0.4, -0.2) is 16.9 Å². The molecule has 0 N–H and O–H groups in total. The molecule has 0 aliphatic heterocycles. The van der Waals surface area contributed by atoms with E-state index in [-0.39, 0.29) is 5.78 Å². The van der Waals surface area contributed by atoms with Crippen LogP contribution in [0.25, 0.3) is 0 Å². The van der Waals surface area contributed by atoms with E-state index >= 15 is 0 Å². The Labute approximate surface area is 133 Å². The van der Waals surface area contributed by atoms with Crippen molar-refractivity contribution in [2.75, 3.05) is 4.93 Å². The molecule has 4 nitrogen and oxygen atoms in total. The van der Waals surface area contributed by atoms with Crippen LogP contribution in [0.1, 0.15) is 16.8 Å². The number of benzene rings is 1. The normalized spacial score (nSPS) is 14.0. The number of ether oxygens (including phenoxy) is 1. The van der Waals surface area contributed by atoms with Crippen LogP contribution in [-0.2, 0) is 7.80 Å². The van der Waals surface area contributed by atoms with Crippen molar-refractivity contribution in [3.8, 4) is 0 Å². The summed E-state index contributed by atoms with van der Waals surface area (Å²) in [5.41, 5.74) is 1.21. The van der Waals surface area contributed by atoms with E-state index in [0.717, 1.165) is 0 Å². The summed E-state index contributed by atoms with van der Waals surface area (Å²) in [7, 11) is 0. The number of allylic oxidation sites excluding steroid dienone is 5. The molecule has 0 unspecified atom stereocenters. The van der Waals surface area contributed by atoms with Crippen molar-refractivity contribution in [2.24, 2.45) is 0 Å². The summed E-state index contributed by atoms with van der Waals surface area (Å²) >= 11 is -0.608. The molecule has 2 rings (SSSR count). The third-order valence-electron chi connectivity index (χ3n) is 2.73. The topological polar surface area (TPSA) is 52.6 Å². The number of halogens is 1. The van der Waals surface area contributed by atoms with E-state index in [0.29, 0.717) is 23.3 Å². The predicted molar refractivity (Wildman–Crippen MR) is 74.2 cm³/mol. The Kier molecular flexibility index (Phi) is 5.74. The molecule has 0 fully saturated rings. The number of rotatable bonds is 4. The molecule has 0 aromatic heterocycles. The third kappa shape index (κ3) is 4.56. The molecule has 0 atom stereocenters. The number of ketones is 1. The van der Waals surface area contributed by atoms with Gasteiger partial charge in [0.1, 0.15) is 0 Å². The van der Waals surface area contributed by atoms with Gasteiger partial charge in [-0.1, -0.05) is 0 Å². The summed E-state index contributed by atoms with van der Waals surface area (Å²) < 4.78 is 9.89. The van der Waals surface area contributed by atoms with E-state index in [1.54, 1.807) is 36.4 Å². The molecule has 21 heavy (non-hydrogen) atoms. The summed E-state index contributed by atoms with van der Waals surface area (Å²) in [5, 5.41) is 0. The molecule has 1 aromatic rings. The number of hydrogen-bond acceptors (Lipinski definition) is 4. The first-order valence-corrected chi connectivity index (χ1v) is 9.30. The van der Waals surface area contributed by atoms with E-state index in [1.807, 2.05) is 23.1 Å². The Bertz CT molecular complexity index is 614. The van der Waals surface area contributed by atoms with Gasteiger partial charge in [-0.2, -0.15) is 0 Å². The molecule has 1 aromatic carbocycles. The Balaban J connectivity index is 2.05. The molecule has 0 amide bonds. The Morgan fingerprint density at radius 2 is 1.95 bits per heavy atom. The molecule has 0 saturated carbocycles. The number of carbonyl (C=O) groups is 2. The van der Waals surface area contributed by atoms with Crippen LogP contribution in [0, 0.1) is 0 Å². The van der Waals surface area contributed by atoms with Gasteiger partial charge in [-0.3, -0.25) is 0 Å². The van der Waals surface area contributed by atoms with Crippen molar-refractivity contribution in [3.63, 3.8) is 0 Å². The molecular formula is C16H14IO4-. The van der Waals surface area contributed by atoms with E-state index in [1.165, 1.54) is 0 Å². The minimum absolute atomic E-state index is 0.0523. The van der Waals surface area contributed by atoms with Crippen molar-refractivity contribution in [3.05, 3.63) is 71.5 Å². The monoisotopic (exact) mass is 397 g/mol. The second-order valence-corrected chi connectivity index (χ2v) is 5.46. The van der Waals surface area contributed by atoms with E-state index in [9.17, 15) is 9.59 Å². The summed E-state index contributed by atoms with van der Waals surface area (Å²) in [4.78, 5) is 25.4. The van der Waals surface area contributed by atoms with Crippen LogP contribution < -0.4 is 21.6 Å². The van der Waals surface area contributed by atoms with Crippen LogP contribution in [0.5, 0.6) is 0 Å². The number of hydrogen-bond donors (Lipinski definition) is 0. The van der Waals surface area contributed by atoms with Crippen LogP contribution in [0.15, 0.2) is 66.0 Å². The van der Waals surface area contributed by atoms with Crippen LogP contribution in [0.4, 0.5) is 4.79 Å². The van der Waals surface area contributed by atoms with Gasteiger partial charge < -0.3 is 0 Å². The molecule has 1 aliphatic rings. The first kappa shape index (κ1) is 15.5. The molecule has 0 bridgehead atoms. The molecule has 0 radical (unpaired) electrons. The van der Waals surface area contributed by atoms with Crippen LogP contribution >= 0.6 is 0 Å². The van der Waals surface area contributed by atoms with Crippen molar-refractivity contribution < 1.29 is 39.0 Å². The van der Waals surface area contributed by atoms with Gasteiger partial charge in [-0.15, -0.1) is 0 Å². The van der Waals surface area contributed by atoms with E-state index in [4.69, 9.17) is 7.80 Å². The number of carbonyl (C=O) groups excluding carboxylic acids is 2. The fourth-order valence-corrected chi connectivity index (χ4v) is 2.24. The Morgan fingerprint density at radius 3 is 2.67 bits per heavy atom. The summed E-state index contributed by atoms with van der Waals surface area (Å²) in [6.07, 6.45) is 6.51. The van der Waals surface area contributed by atoms with E-state index in [2.05, 4.69) is 0 Å². The van der Waals surface area contributed by atoms with Gasteiger partial charge in [0.2, 0.25) is 0 Å². The fourth-order valence-electron chi connectivity index (χ4n) is 1.79. The zero-order valence-corrected chi connectivity index (χ0v) is 13.6. The van der Waals surface area contributed by atoms with Gasteiger partial charge in [0.05, 0.1) is 0 Å². The zero-order valence-electron chi connectivity index (χ0n) is 11.4. The maximum absolute atomic E-state index is 12.3. The van der Waals surface area contributed by atoms with Gasteiger partial charge in [0, 0.05) is 0 Å². The molecule has 0 saturated heterocycles. The predicted octanol–water partition coefficient (Wildman–Crippen LogP) is 0.426. The molecule has 5 heteroatoms. The summed E-state index contributed by atoms with van der Waals surface area (Å²) in [5.74, 6) is 0.410. The number of Topliss-reactive ketones (excluding diaryl/α,β-unsaturated/α-hetero) is 1. The third-order valence-corrected chi connectivity index (χ3v) is 3.53. The first-order valence-electron chi connectivity index (χ1n) is 6.26. The maximum atomic E-state index is 12.3. The molecule has 110 valence electrons. The zero-order chi connectivity index (χ0) is 15.1. The Morgan fingerprint density at radius 1 is 1.19 bits per heavy atom. The van der Waals surface area contributed by atoms with Gasteiger partial charge in [0.15, 0.2) is 0 Å². The van der Waals surface area contributed by atoms with Crippen LogP contribution in [0.2, 0.25) is 0 Å². The molecule has 0 heterocycles.